The number of carbonyl (C=O) groups excluding carboxylic acids is 1. The number of benzene rings is 1. The lowest BCUT2D eigenvalue weighted by Gasteiger charge is -2.22. The van der Waals surface area contributed by atoms with Crippen molar-refractivity contribution >= 4 is 17.4 Å². The molecule has 8 heteroatoms. The summed E-state index contributed by atoms with van der Waals surface area (Å²) in [5.41, 5.74) is 1.75. The number of hydrogen-bond acceptors (Lipinski definition) is 4. The summed E-state index contributed by atoms with van der Waals surface area (Å²) in [4.78, 5) is 17.1. The molecule has 0 atom stereocenters. The summed E-state index contributed by atoms with van der Waals surface area (Å²) in [6.45, 7) is 3.80. The van der Waals surface area contributed by atoms with Crippen molar-refractivity contribution in [3.05, 3.63) is 52.7 Å². The van der Waals surface area contributed by atoms with E-state index in [9.17, 15) is 18.0 Å². The summed E-state index contributed by atoms with van der Waals surface area (Å²) in [6.07, 6.45) is 0.973. The molecule has 2 fully saturated rings. The number of aryl methyl sites for hydroxylation is 1. The fourth-order valence-corrected chi connectivity index (χ4v) is 3.81. The summed E-state index contributed by atoms with van der Waals surface area (Å²) >= 11 is 0. The van der Waals surface area contributed by atoms with E-state index in [4.69, 9.17) is 4.74 Å². The summed E-state index contributed by atoms with van der Waals surface area (Å²) in [6, 6.07) is 5.38. The van der Waals surface area contributed by atoms with Crippen molar-refractivity contribution in [3.63, 3.8) is 0 Å². The van der Waals surface area contributed by atoms with Crippen molar-refractivity contribution in [1.82, 2.24) is 10.3 Å². The molecule has 1 saturated heterocycles. The molecule has 1 saturated carbocycles. The molecule has 1 aromatic heterocycles. The number of aromatic nitrogens is 1. The first kappa shape index (κ1) is 21.6. The van der Waals surface area contributed by atoms with Crippen molar-refractivity contribution in [2.45, 2.75) is 44.7 Å². The van der Waals surface area contributed by atoms with E-state index in [2.05, 4.69) is 15.6 Å². The highest BCUT2D eigenvalue weighted by Crippen LogP contribution is 2.42. The molecule has 166 valence electrons. The maximum atomic E-state index is 13.1. The van der Waals surface area contributed by atoms with E-state index >= 15 is 0 Å². The average Bonchev–Trinajstić information content (AvgIpc) is 3.59. The third-order valence-electron chi connectivity index (χ3n) is 5.92. The van der Waals surface area contributed by atoms with E-state index in [1.54, 1.807) is 13.0 Å². The van der Waals surface area contributed by atoms with Crippen LogP contribution in [0.5, 0.6) is 0 Å². The van der Waals surface area contributed by atoms with Crippen molar-refractivity contribution in [2.24, 2.45) is 5.92 Å². The van der Waals surface area contributed by atoms with Gasteiger partial charge in [0.05, 0.1) is 11.1 Å². The number of rotatable bonds is 6. The number of halogens is 3. The molecule has 1 aliphatic heterocycles. The molecule has 2 aromatic rings. The molecule has 1 amide bonds. The van der Waals surface area contributed by atoms with Crippen LogP contribution in [0.25, 0.3) is 0 Å². The second-order valence-corrected chi connectivity index (χ2v) is 8.35. The lowest BCUT2D eigenvalue weighted by Crippen LogP contribution is -2.32. The van der Waals surface area contributed by atoms with Crippen LogP contribution in [0.1, 0.15) is 58.6 Å². The summed E-state index contributed by atoms with van der Waals surface area (Å²) in [7, 11) is 0. The summed E-state index contributed by atoms with van der Waals surface area (Å²) in [5.74, 6) is 0.989. The molecular weight excluding hydrogens is 407 g/mol. The second-order valence-electron chi connectivity index (χ2n) is 8.35. The van der Waals surface area contributed by atoms with Crippen LogP contribution < -0.4 is 10.6 Å². The van der Waals surface area contributed by atoms with Crippen molar-refractivity contribution < 1.29 is 22.7 Å². The zero-order valence-corrected chi connectivity index (χ0v) is 17.4. The van der Waals surface area contributed by atoms with E-state index < -0.39 is 11.7 Å². The average molecular weight is 433 g/mol. The molecule has 5 nitrogen and oxygen atoms in total. The number of nitrogens with zero attached hydrogens (tertiary/aromatic N) is 1. The number of hydrogen-bond donors (Lipinski definition) is 2. The number of anilines is 2. The van der Waals surface area contributed by atoms with Crippen LogP contribution in [0.15, 0.2) is 30.5 Å². The Kier molecular flexibility index (Phi) is 6.18. The molecular formula is C23H26F3N3O2. The highest BCUT2D eigenvalue weighted by molar-refractivity contribution is 5.96. The predicted molar refractivity (Wildman–Crippen MR) is 112 cm³/mol. The Morgan fingerprint density at radius 2 is 1.90 bits per heavy atom. The highest BCUT2D eigenvalue weighted by atomic mass is 19.4. The van der Waals surface area contributed by atoms with Gasteiger partial charge in [0, 0.05) is 31.6 Å². The van der Waals surface area contributed by atoms with E-state index in [0.717, 1.165) is 56.6 Å². The topological polar surface area (TPSA) is 63.2 Å². The highest BCUT2D eigenvalue weighted by Gasteiger charge is 2.31. The Labute approximate surface area is 179 Å². The Hall–Kier alpha value is -2.61. The molecule has 0 bridgehead atoms. The van der Waals surface area contributed by atoms with Crippen molar-refractivity contribution in [2.75, 3.05) is 25.1 Å². The van der Waals surface area contributed by atoms with E-state index in [0.29, 0.717) is 35.1 Å². The third kappa shape index (κ3) is 5.36. The second kappa shape index (κ2) is 8.86. The normalized spacial score (nSPS) is 17.4. The molecule has 0 spiro atoms. The van der Waals surface area contributed by atoms with Crippen LogP contribution in [-0.2, 0) is 10.9 Å². The van der Waals surface area contributed by atoms with Gasteiger partial charge in [0.1, 0.15) is 5.82 Å². The van der Waals surface area contributed by atoms with Gasteiger partial charge in [-0.3, -0.25) is 4.79 Å². The molecule has 4 rings (SSSR count). The van der Waals surface area contributed by atoms with Gasteiger partial charge in [0.25, 0.3) is 5.91 Å². The fraction of sp³-hybridized carbons (Fsp3) is 0.478. The first-order valence-electron chi connectivity index (χ1n) is 10.6. The minimum Gasteiger partial charge on any atom is -0.381 e. The number of ether oxygens (including phenoxy) is 1. The predicted octanol–water partition coefficient (Wildman–Crippen LogP) is 5.19. The molecule has 2 aliphatic rings. The number of carbonyl (C=O) groups is 1. The molecule has 2 N–H and O–H groups in total. The third-order valence-corrected chi connectivity index (χ3v) is 5.92. The van der Waals surface area contributed by atoms with Gasteiger partial charge in [-0.15, -0.1) is 0 Å². The molecule has 0 radical (unpaired) electrons. The van der Waals surface area contributed by atoms with Crippen LogP contribution in [0, 0.1) is 12.8 Å². The summed E-state index contributed by atoms with van der Waals surface area (Å²) in [5, 5.41) is 6.02. The zero-order valence-electron chi connectivity index (χ0n) is 17.4. The Morgan fingerprint density at radius 1 is 1.16 bits per heavy atom. The minimum absolute atomic E-state index is 0.150. The van der Waals surface area contributed by atoms with E-state index in [1.165, 1.54) is 12.3 Å². The smallest absolute Gasteiger partial charge is 0.381 e. The Bertz CT molecular complexity index is 952. The van der Waals surface area contributed by atoms with Gasteiger partial charge in [0.15, 0.2) is 0 Å². The number of alkyl halides is 3. The molecule has 2 heterocycles. The summed E-state index contributed by atoms with van der Waals surface area (Å²) < 4.78 is 44.6. The number of amides is 1. The van der Waals surface area contributed by atoms with Crippen molar-refractivity contribution in [1.29, 1.82) is 0 Å². The van der Waals surface area contributed by atoms with E-state index in [-0.39, 0.29) is 11.8 Å². The Morgan fingerprint density at radius 3 is 2.58 bits per heavy atom. The van der Waals surface area contributed by atoms with Gasteiger partial charge in [-0.25, -0.2) is 4.98 Å². The van der Waals surface area contributed by atoms with Crippen LogP contribution in [-0.4, -0.2) is 30.6 Å². The first-order valence-corrected chi connectivity index (χ1v) is 10.6. The molecule has 31 heavy (non-hydrogen) atoms. The largest absolute Gasteiger partial charge is 0.416 e. The quantitative estimate of drug-likeness (QED) is 0.659. The monoisotopic (exact) mass is 433 g/mol. The zero-order chi connectivity index (χ0) is 22.0. The van der Waals surface area contributed by atoms with Gasteiger partial charge in [-0.2, -0.15) is 13.2 Å². The van der Waals surface area contributed by atoms with Crippen LogP contribution in [0.3, 0.4) is 0 Å². The van der Waals surface area contributed by atoms with Crippen LogP contribution >= 0.6 is 0 Å². The van der Waals surface area contributed by atoms with E-state index in [1.807, 2.05) is 0 Å². The number of nitrogens with one attached hydrogen (secondary N) is 2. The molecule has 0 unspecified atom stereocenters. The SMILES string of the molecule is Cc1ccc(C(F)(F)F)cc1Nc1cc(C2CC2)c(C(=O)NCC2CCOCC2)cn1. The fourth-order valence-electron chi connectivity index (χ4n) is 3.81. The maximum absolute atomic E-state index is 13.1. The Balaban J connectivity index is 1.51. The van der Waals surface area contributed by atoms with Gasteiger partial charge in [0.2, 0.25) is 0 Å². The van der Waals surface area contributed by atoms with Gasteiger partial charge < -0.3 is 15.4 Å². The molecule has 1 aliphatic carbocycles. The lowest BCUT2D eigenvalue weighted by atomic mass is 10.00. The van der Waals surface area contributed by atoms with Crippen LogP contribution in [0.4, 0.5) is 24.7 Å². The molecule has 1 aromatic carbocycles. The lowest BCUT2D eigenvalue weighted by molar-refractivity contribution is -0.137. The van der Waals surface area contributed by atoms with Gasteiger partial charge in [-0.05, 0) is 73.8 Å². The minimum atomic E-state index is -4.41. The maximum Gasteiger partial charge on any atom is 0.416 e. The number of pyridine rings is 1. The van der Waals surface area contributed by atoms with Gasteiger partial charge in [-0.1, -0.05) is 6.07 Å². The van der Waals surface area contributed by atoms with Crippen LogP contribution in [0.2, 0.25) is 0 Å². The first-order chi connectivity index (χ1) is 14.8. The standard InChI is InChI=1S/C23H26F3N3O2/c1-14-2-5-17(23(24,25)26)10-20(14)29-21-11-18(16-3-4-16)19(13-27-21)22(30)28-12-15-6-8-31-9-7-15/h2,5,10-11,13,15-16H,3-4,6-9,12H2,1H3,(H,27,29)(H,28,30). The van der Waals surface area contributed by atoms with Crippen molar-refractivity contribution in [3.8, 4) is 0 Å². The van der Waals surface area contributed by atoms with Gasteiger partial charge >= 0.3 is 6.18 Å².